The van der Waals surface area contributed by atoms with Gasteiger partial charge in [0.15, 0.2) is 5.54 Å². The van der Waals surface area contributed by atoms with Gasteiger partial charge in [0.1, 0.15) is 5.60 Å². The summed E-state index contributed by atoms with van der Waals surface area (Å²) in [5.74, 6) is -0.896. The van der Waals surface area contributed by atoms with Crippen molar-refractivity contribution in [3.8, 4) is 0 Å². The topological polar surface area (TPSA) is 73.9 Å². The molecule has 0 bridgehead atoms. The number of benzene rings is 2. The zero-order chi connectivity index (χ0) is 28.0. The second kappa shape index (κ2) is 9.59. The van der Waals surface area contributed by atoms with Crippen LogP contribution in [0.4, 0.5) is 0 Å². The van der Waals surface area contributed by atoms with Gasteiger partial charge >= 0.3 is 13.1 Å². The predicted molar refractivity (Wildman–Crippen MR) is 148 cm³/mol. The molecule has 200 valence electrons. The van der Waals surface area contributed by atoms with Gasteiger partial charge in [-0.1, -0.05) is 57.2 Å². The zero-order valence-corrected chi connectivity index (χ0v) is 24.2. The number of hydrogen-bond donors (Lipinski definition) is 1. The Kier molecular flexibility index (Phi) is 7.50. The van der Waals surface area contributed by atoms with Crippen molar-refractivity contribution in [1.29, 1.82) is 0 Å². The first kappa shape index (κ1) is 28.9. The van der Waals surface area contributed by atoms with Crippen LogP contribution in [0.1, 0.15) is 97.6 Å². The molecule has 1 fully saturated rings. The van der Waals surface area contributed by atoms with Crippen molar-refractivity contribution in [3.63, 3.8) is 0 Å². The van der Waals surface area contributed by atoms with E-state index in [-0.39, 0.29) is 11.3 Å². The average molecular weight is 507 g/mol. The molecule has 7 heteroatoms. The Labute approximate surface area is 222 Å². The summed E-state index contributed by atoms with van der Waals surface area (Å²) in [4.78, 5) is 26.8. The van der Waals surface area contributed by atoms with E-state index in [9.17, 15) is 9.59 Å². The first-order valence-corrected chi connectivity index (χ1v) is 12.9. The van der Waals surface area contributed by atoms with Gasteiger partial charge in [-0.3, -0.25) is 4.79 Å². The summed E-state index contributed by atoms with van der Waals surface area (Å²) in [7, 11) is -0.525. The Morgan fingerprint density at radius 1 is 0.757 bits per heavy atom. The van der Waals surface area contributed by atoms with E-state index in [1.54, 1.807) is 39.8 Å². The van der Waals surface area contributed by atoms with Crippen LogP contribution < -0.4 is 10.8 Å². The van der Waals surface area contributed by atoms with Gasteiger partial charge in [-0.25, -0.2) is 4.79 Å². The molecule has 1 amide bonds. The maximum absolute atomic E-state index is 13.5. The highest BCUT2D eigenvalue weighted by atomic mass is 16.7. The summed E-state index contributed by atoms with van der Waals surface area (Å²) >= 11 is 0. The van der Waals surface area contributed by atoms with Crippen LogP contribution in [0.2, 0.25) is 0 Å². The molecule has 2 aromatic carbocycles. The standard InChI is InChI=1S/C30H42BNO5/c1-26(2,3)21-14-12-20(13-15-21)24(33)32-30(11,25(34)35-27(4,5)6)22-16-18-23(19-17-22)31-36-28(7,8)29(9,10)37-31/h12-19H,1-11H3,(H,32,33)/t30-/m0/s1. The smallest absolute Gasteiger partial charge is 0.458 e. The fraction of sp³-hybridized carbons (Fsp3) is 0.533. The zero-order valence-electron chi connectivity index (χ0n) is 24.2. The van der Waals surface area contributed by atoms with Gasteiger partial charge in [0.25, 0.3) is 5.91 Å². The minimum atomic E-state index is -1.42. The van der Waals surface area contributed by atoms with Crippen LogP contribution in [-0.4, -0.2) is 35.8 Å². The van der Waals surface area contributed by atoms with Crippen LogP contribution in [0.5, 0.6) is 0 Å². The third-order valence-corrected chi connectivity index (χ3v) is 7.20. The number of carbonyl (C=O) groups is 2. The monoisotopic (exact) mass is 507 g/mol. The molecule has 1 saturated heterocycles. The number of amides is 1. The molecule has 0 radical (unpaired) electrons. The molecule has 6 nitrogen and oxygen atoms in total. The maximum Gasteiger partial charge on any atom is 0.494 e. The van der Waals surface area contributed by atoms with Crippen LogP contribution in [0.3, 0.4) is 0 Å². The highest BCUT2D eigenvalue weighted by molar-refractivity contribution is 6.62. The number of rotatable bonds is 5. The van der Waals surface area contributed by atoms with Gasteiger partial charge in [-0.05, 0) is 89.5 Å². The molecule has 2 aromatic rings. The van der Waals surface area contributed by atoms with Gasteiger partial charge in [0.05, 0.1) is 11.2 Å². The molecule has 0 spiro atoms. The highest BCUT2D eigenvalue weighted by Gasteiger charge is 2.52. The lowest BCUT2D eigenvalue weighted by molar-refractivity contribution is -0.162. The first-order valence-electron chi connectivity index (χ1n) is 12.9. The SMILES string of the molecule is CC(C)(C)OC(=O)[C@@](C)(NC(=O)c1ccc(C(C)(C)C)cc1)c1ccc(B2OC(C)(C)C(C)(C)O2)cc1. The number of esters is 1. The fourth-order valence-electron chi connectivity index (χ4n) is 3.99. The van der Waals surface area contributed by atoms with Crippen LogP contribution in [0.15, 0.2) is 48.5 Å². The molecule has 1 heterocycles. The van der Waals surface area contributed by atoms with Crippen LogP contribution in [0.25, 0.3) is 0 Å². The summed E-state index contributed by atoms with van der Waals surface area (Å²) in [6.45, 7) is 21.5. The molecular formula is C30H42BNO5. The van der Waals surface area contributed by atoms with Gasteiger partial charge in [-0.2, -0.15) is 0 Å². The molecular weight excluding hydrogens is 465 g/mol. The summed E-state index contributed by atoms with van der Waals surface area (Å²) in [6, 6.07) is 14.8. The summed E-state index contributed by atoms with van der Waals surface area (Å²) in [5.41, 5.74) is -0.0652. The molecule has 1 N–H and O–H groups in total. The quantitative estimate of drug-likeness (QED) is 0.441. The predicted octanol–water partition coefficient (Wildman–Crippen LogP) is 5.27. The molecule has 0 aliphatic carbocycles. The number of ether oxygens (including phenoxy) is 1. The van der Waals surface area contributed by atoms with E-state index in [2.05, 4.69) is 26.1 Å². The third kappa shape index (κ3) is 6.27. The third-order valence-electron chi connectivity index (χ3n) is 7.20. The van der Waals surface area contributed by atoms with Crippen molar-refractivity contribution < 1.29 is 23.6 Å². The summed E-state index contributed by atoms with van der Waals surface area (Å²) in [5, 5.41) is 2.95. The lowest BCUT2D eigenvalue weighted by Crippen LogP contribution is -2.52. The van der Waals surface area contributed by atoms with E-state index in [1.807, 2.05) is 64.1 Å². The Morgan fingerprint density at radius 3 is 1.65 bits per heavy atom. The second-order valence-corrected chi connectivity index (χ2v) is 13.1. The molecule has 0 unspecified atom stereocenters. The van der Waals surface area contributed by atoms with Crippen LogP contribution >= 0.6 is 0 Å². The van der Waals surface area contributed by atoms with Crippen molar-refractivity contribution in [3.05, 3.63) is 65.2 Å². The van der Waals surface area contributed by atoms with E-state index >= 15 is 0 Å². The van der Waals surface area contributed by atoms with Gasteiger partial charge < -0.3 is 19.4 Å². The fourth-order valence-corrected chi connectivity index (χ4v) is 3.99. The Hall–Kier alpha value is -2.64. The number of carbonyl (C=O) groups excluding carboxylic acids is 2. The highest BCUT2D eigenvalue weighted by Crippen LogP contribution is 2.36. The van der Waals surface area contributed by atoms with Crippen molar-refractivity contribution >= 4 is 24.5 Å². The van der Waals surface area contributed by atoms with E-state index < -0.39 is 35.4 Å². The minimum absolute atomic E-state index is 0.0288. The lowest BCUT2D eigenvalue weighted by atomic mass is 9.77. The Morgan fingerprint density at radius 2 is 1.22 bits per heavy atom. The van der Waals surface area contributed by atoms with Gasteiger partial charge in [0, 0.05) is 5.56 Å². The maximum atomic E-state index is 13.5. The largest absolute Gasteiger partial charge is 0.494 e. The van der Waals surface area contributed by atoms with Gasteiger partial charge in [0.2, 0.25) is 0 Å². The van der Waals surface area contributed by atoms with Crippen molar-refractivity contribution in [2.24, 2.45) is 0 Å². The molecule has 3 rings (SSSR count). The normalized spacial score (nSPS) is 18.7. The minimum Gasteiger partial charge on any atom is -0.458 e. The first-order chi connectivity index (χ1) is 16.8. The van der Waals surface area contributed by atoms with E-state index in [1.165, 1.54) is 0 Å². The van der Waals surface area contributed by atoms with E-state index in [0.717, 1.165) is 11.0 Å². The lowest BCUT2D eigenvalue weighted by Gasteiger charge is -2.33. The molecule has 0 aromatic heterocycles. The van der Waals surface area contributed by atoms with E-state index in [4.69, 9.17) is 14.0 Å². The Bertz CT molecular complexity index is 1120. The number of hydrogen-bond acceptors (Lipinski definition) is 5. The van der Waals surface area contributed by atoms with E-state index in [0.29, 0.717) is 11.1 Å². The van der Waals surface area contributed by atoms with Crippen molar-refractivity contribution in [2.45, 2.75) is 104 Å². The Balaban J connectivity index is 1.92. The second-order valence-electron chi connectivity index (χ2n) is 13.1. The molecule has 1 aliphatic heterocycles. The molecule has 0 saturated carbocycles. The van der Waals surface area contributed by atoms with Crippen LogP contribution in [0, 0.1) is 0 Å². The number of nitrogens with one attached hydrogen (secondary N) is 1. The van der Waals surface area contributed by atoms with Crippen molar-refractivity contribution in [1.82, 2.24) is 5.32 Å². The summed E-state index contributed by atoms with van der Waals surface area (Å²) in [6.07, 6.45) is 0. The van der Waals surface area contributed by atoms with Crippen LogP contribution in [-0.2, 0) is 29.8 Å². The molecule has 1 aliphatic rings. The molecule has 1 atom stereocenters. The van der Waals surface area contributed by atoms with Gasteiger partial charge in [-0.15, -0.1) is 0 Å². The summed E-state index contributed by atoms with van der Waals surface area (Å²) < 4.78 is 18.1. The average Bonchev–Trinajstić information content (AvgIpc) is 2.99. The molecule has 37 heavy (non-hydrogen) atoms. The van der Waals surface area contributed by atoms with Crippen molar-refractivity contribution in [2.75, 3.05) is 0 Å².